The van der Waals surface area contributed by atoms with Gasteiger partial charge in [0.05, 0.1) is 12.9 Å². The fourth-order valence-electron chi connectivity index (χ4n) is 2.38. The van der Waals surface area contributed by atoms with E-state index in [0.29, 0.717) is 0 Å². The highest BCUT2D eigenvalue weighted by atomic mass is 16.5. The van der Waals surface area contributed by atoms with E-state index in [4.69, 9.17) is 4.74 Å². The summed E-state index contributed by atoms with van der Waals surface area (Å²) in [6, 6.07) is 0. The van der Waals surface area contributed by atoms with Crippen LogP contribution in [-0.2, 0) is 11.3 Å². The standard InChI is InChI=1S/C17H32N2O/c1-2-3-4-5-6-7-8-9-10-11-15-20-16-14-19-13-12-18-17-19/h12-13,17H,2-11,14-16H2,1H3. The predicted molar refractivity (Wildman–Crippen MR) is 84.9 cm³/mol. The van der Waals surface area contributed by atoms with E-state index in [9.17, 15) is 0 Å². The molecule has 1 aromatic heterocycles. The summed E-state index contributed by atoms with van der Waals surface area (Å²) in [5.74, 6) is 0. The molecular weight excluding hydrogens is 248 g/mol. The van der Waals surface area contributed by atoms with Gasteiger partial charge in [-0.2, -0.15) is 0 Å². The van der Waals surface area contributed by atoms with Crippen LogP contribution < -0.4 is 0 Å². The van der Waals surface area contributed by atoms with E-state index in [0.717, 1.165) is 19.8 Å². The van der Waals surface area contributed by atoms with Gasteiger partial charge in [-0.3, -0.25) is 0 Å². The van der Waals surface area contributed by atoms with Crippen LogP contribution in [0.15, 0.2) is 18.7 Å². The van der Waals surface area contributed by atoms with Crippen LogP contribution in [0, 0.1) is 0 Å². The van der Waals surface area contributed by atoms with Crippen molar-refractivity contribution in [3.63, 3.8) is 0 Å². The van der Waals surface area contributed by atoms with Gasteiger partial charge < -0.3 is 9.30 Å². The topological polar surface area (TPSA) is 27.1 Å². The minimum atomic E-state index is 0.799. The zero-order valence-electron chi connectivity index (χ0n) is 13.2. The normalized spacial score (nSPS) is 11.1. The van der Waals surface area contributed by atoms with Gasteiger partial charge in [0.25, 0.3) is 0 Å². The van der Waals surface area contributed by atoms with E-state index in [2.05, 4.69) is 16.5 Å². The summed E-state index contributed by atoms with van der Waals surface area (Å²) in [5, 5.41) is 0. The molecule has 0 saturated carbocycles. The van der Waals surface area contributed by atoms with Gasteiger partial charge in [-0.15, -0.1) is 0 Å². The lowest BCUT2D eigenvalue weighted by Crippen LogP contribution is -2.05. The Hall–Kier alpha value is -0.830. The Labute approximate surface area is 124 Å². The Morgan fingerprint density at radius 3 is 2.10 bits per heavy atom. The van der Waals surface area contributed by atoms with Crippen molar-refractivity contribution in [1.29, 1.82) is 0 Å². The highest BCUT2D eigenvalue weighted by molar-refractivity contribution is 4.73. The van der Waals surface area contributed by atoms with Crippen molar-refractivity contribution in [2.45, 2.75) is 77.7 Å². The second-order valence-corrected chi connectivity index (χ2v) is 5.59. The molecule has 0 aliphatic heterocycles. The molecule has 0 aliphatic carbocycles. The zero-order chi connectivity index (χ0) is 14.3. The van der Waals surface area contributed by atoms with Crippen LogP contribution in [0.25, 0.3) is 0 Å². The van der Waals surface area contributed by atoms with E-state index in [1.165, 1.54) is 64.2 Å². The molecule has 0 bridgehead atoms. The molecule has 0 unspecified atom stereocenters. The van der Waals surface area contributed by atoms with Gasteiger partial charge in [0, 0.05) is 25.5 Å². The van der Waals surface area contributed by atoms with Crippen molar-refractivity contribution in [2.24, 2.45) is 0 Å². The minimum Gasteiger partial charge on any atom is -0.380 e. The van der Waals surface area contributed by atoms with Gasteiger partial charge >= 0.3 is 0 Å². The fourth-order valence-corrected chi connectivity index (χ4v) is 2.38. The van der Waals surface area contributed by atoms with Crippen LogP contribution in [-0.4, -0.2) is 22.8 Å². The first-order chi connectivity index (χ1) is 9.93. The van der Waals surface area contributed by atoms with Crippen molar-refractivity contribution in [2.75, 3.05) is 13.2 Å². The lowest BCUT2D eigenvalue weighted by molar-refractivity contribution is 0.122. The second kappa shape index (κ2) is 13.2. The molecule has 1 aromatic rings. The van der Waals surface area contributed by atoms with Crippen LogP contribution in [0.4, 0.5) is 0 Å². The van der Waals surface area contributed by atoms with E-state index < -0.39 is 0 Å². The Bertz CT molecular complexity index is 285. The van der Waals surface area contributed by atoms with Crippen LogP contribution in [0.1, 0.15) is 71.1 Å². The SMILES string of the molecule is CCCCCCCCCCCCOCCn1ccnc1. The second-order valence-electron chi connectivity index (χ2n) is 5.59. The molecule has 116 valence electrons. The molecule has 0 spiro atoms. The summed E-state index contributed by atoms with van der Waals surface area (Å²) in [6.07, 6.45) is 19.4. The largest absolute Gasteiger partial charge is 0.380 e. The van der Waals surface area contributed by atoms with Gasteiger partial charge in [-0.05, 0) is 6.42 Å². The van der Waals surface area contributed by atoms with E-state index >= 15 is 0 Å². The van der Waals surface area contributed by atoms with Crippen molar-refractivity contribution in [1.82, 2.24) is 9.55 Å². The number of hydrogen-bond donors (Lipinski definition) is 0. The number of rotatable bonds is 14. The van der Waals surface area contributed by atoms with Crippen molar-refractivity contribution in [3.05, 3.63) is 18.7 Å². The number of aromatic nitrogens is 2. The van der Waals surface area contributed by atoms with Crippen LogP contribution >= 0.6 is 0 Å². The average Bonchev–Trinajstić information content (AvgIpc) is 2.97. The maximum Gasteiger partial charge on any atom is 0.0946 e. The Kier molecular flexibility index (Phi) is 11.3. The number of nitrogens with zero attached hydrogens (tertiary/aromatic N) is 2. The maximum absolute atomic E-state index is 5.63. The Morgan fingerprint density at radius 1 is 0.850 bits per heavy atom. The number of ether oxygens (including phenoxy) is 1. The molecule has 1 heterocycles. The molecule has 1 rings (SSSR count). The Morgan fingerprint density at radius 2 is 1.50 bits per heavy atom. The smallest absolute Gasteiger partial charge is 0.0946 e. The summed E-state index contributed by atoms with van der Waals surface area (Å²) in [4.78, 5) is 4.01. The van der Waals surface area contributed by atoms with Gasteiger partial charge in [0.15, 0.2) is 0 Å². The van der Waals surface area contributed by atoms with E-state index in [-0.39, 0.29) is 0 Å². The highest BCUT2D eigenvalue weighted by Crippen LogP contribution is 2.10. The monoisotopic (exact) mass is 280 g/mol. The lowest BCUT2D eigenvalue weighted by Gasteiger charge is -2.05. The van der Waals surface area contributed by atoms with Gasteiger partial charge in [0.1, 0.15) is 0 Å². The molecular formula is C17H32N2O. The summed E-state index contributed by atoms with van der Waals surface area (Å²) in [7, 11) is 0. The highest BCUT2D eigenvalue weighted by Gasteiger charge is 1.94. The number of hydrogen-bond acceptors (Lipinski definition) is 2. The summed E-state index contributed by atoms with van der Waals surface area (Å²) in [5.41, 5.74) is 0. The minimum absolute atomic E-state index is 0.799. The third kappa shape index (κ3) is 10.0. The third-order valence-corrected chi connectivity index (χ3v) is 3.70. The molecule has 3 heteroatoms. The first kappa shape index (κ1) is 17.2. The summed E-state index contributed by atoms with van der Waals surface area (Å²) >= 11 is 0. The van der Waals surface area contributed by atoms with Gasteiger partial charge in [0.2, 0.25) is 0 Å². The molecule has 0 radical (unpaired) electrons. The average molecular weight is 280 g/mol. The van der Waals surface area contributed by atoms with Gasteiger partial charge in [-0.25, -0.2) is 4.98 Å². The molecule has 3 nitrogen and oxygen atoms in total. The quantitative estimate of drug-likeness (QED) is 0.457. The maximum atomic E-state index is 5.63. The third-order valence-electron chi connectivity index (χ3n) is 3.70. The molecule has 0 fully saturated rings. The van der Waals surface area contributed by atoms with Crippen LogP contribution in [0.2, 0.25) is 0 Å². The van der Waals surface area contributed by atoms with E-state index in [1.54, 1.807) is 0 Å². The molecule has 0 saturated heterocycles. The number of imidazole rings is 1. The zero-order valence-corrected chi connectivity index (χ0v) is 13.2. The molecule has 0 aliphatic rings. The fraction of sp³-hybridized carbons (Fsp3) is 0.824. The molecule has 0 aromatic carbocycles. The van der Waals surface area contributed by atoms with Crippen molar-refractivity contribution in [3.8, 4) is 0 Å². The molecule has 0 atom stereocenters. The Balaban J connectivity index is 1.70. The predicted octanol–water partition coefficient (Wildman–Crippen LogP) is 4.82. The summed E-state index contributed by atoms with van der Waals surface area (Å²) in [6.45, 7) is 4.90. The van der Waals surface area contributed by atoms with Gasteiger partial charge in [-0.1, -0.05) is 64.7 Å². The van der Waals surface area contributed by atoms with Crippen LogP contribution in [0.3, 0.4) is 0 Å². The molecule has 20 heavy (non-hydrogen) atoms. The number of unbranched alkanes of at least 4 members (excludes halogenated alkanes) is 9. The van der Waals surface area contributed by atoms with Crippen LogP contribution in [0.5, 0.6) is 0 Å². The first-order valence-corrected chi connectivity index (χ1v) is 8.47. The lowest BCUT2D eigenvalue weighted by atomic mass is 10.1. The van der Waals surface area contributed by atoms with E-state index in [1.807, 2.05) is 18.7 Å². The molecule has 0 N–H and O–H groups in total. The molecule has 0 amide bonds. The first-order valence-electron chi connectivity index (χ1n) is 8.47. The summed E-state index contributed by atoms with van der Waals surface area (Å²) < 4.78 is 7.68. The van der Waals surface area contributed by atoms with Crippen molar-refractivity contribution < 1.29 is 4.74 Å². The van der Waals surface area contributed by atoms with Crippen molar-refractivity contribution >= 4 is 0 Å².